The van der Waals surface area contributed by atoms with E-state index in [1.165, 1.54) is 62.9 Å². The molecule has 0 atom stereocenters. The topological polar surface area (TPSA) is 204 Å². The van der Waals surface area contributed by atoms with E-state index in [1.54, 1.807) is 20.3 Å². The molecule has 3 aliphatic heterocycles. The lowest BCUT2D eigenvalue weighted by Gasteiger charge is -2.38. The second-order valence-electron chi connectivity index (χ2n) is 22.0. The molecule has 0 aliphatic carbocycles. The number of ether oxygens (including phenoxy) is 1. The first-order valence-electron chi connectivity index (χ1n) is 29.3. The van der Waals surface area contributed by atoms with Crippen LogP contribution in [0.5, 0.6) is 11.5 Å². The van der Waals surface area contributed by atoms with Crippen LogP contribution < -0.4 is 57.4 Å². The van der Waals surface area contributed by atoms with Crippen LogP contribution in [-0.4, -0.2) is 76.2 Å². The number of benzene rings is 6. The number of halogens is 1. The number of carbonyl (C=O) groups excluding carboxylic acids is 4. The number of aryl methyl sites for hydroxylation is 4. The second-order valence-corrected chi connectivity index (χ2v) is 26.7. The van der Waals surface area contributed by atoms with Gasteiger partial charge in [0.05, 0.1) is 11.4 Å². The van der Waals surface area contributed by atoms with Crippen molar-refractivity contribution in [2.24, 2.45) is 0 Å². The van der Waals surface area contributed by atoms with E-state index in [0.717, 1.165) is 60.1 Å². The molecule has 0 bridgehead atoms. The summed E-state index contributed by atoms with van der Waals surface area (Å²) in [6.45, 7) is 16.6. The van der Waals surface area contributed by atoms with Crippen LogP contribution in [0.2, 0.25) is 5.15 Å². The number of rotatable bonds is 11. The third-order valence-electron chi connectivity index (χ3n) is 14.7. The highest BCUT2D eigenvalue weighted by atomic mass is 35.5. The quantitative estimate of drug-likeness (QED) is 0.0821. The summed E-state index contributed by atoms with van der Waals surface area (Å²) in [6, 6.07) is 64.1. The highest BCUT2D eigenvalue weighted by molar-refractivity contribution is 7.80. The Morgan fingerprint density at radius 2 is 0.989 bits per heavy atom. The van der Waals surface area contributed by atoms with Gasteiger partial charge in [0.2, 0.25) is 23.6 Å². The summed E-state index contributed by atoms with van der Waals surface area (Å²) in [5.41, 5.74) is 5.73. The number of fused-ring (bicyclic) bond motifs is 2. The number of aromatic nitrogens is 8. The molecule has 0 radical (unpaired) electrons. The predicted molar refractivity (Wildman–Crippen MR) is 357 cm³/mol. The molecule has 13 rings (SSSR count). The zero-order valence-electron chi connectivity index (χ0n) is 50.9. The molecule has 7 heterocycles. The van der Waals surface area contributed by atoms with E-state index in [1.807, 2.05) is 39.8 Å². The monoisotopic (exact) mass is 1240 g/mol. The van der Waals surface area contributed by atoms with Gasteiger partial charge >= 0.3 is 0 Å². The maximum Gasteiger partial charge on any atom is 0.254 e. The number of amides is 4. The molecule has 452 valence electrons. The predicted octanol–water partition coefficient (Wildman–Crippen LogP) is 10.8. The SMILES string of the molecule is CC(=O)Nc1cc(Cl)nc(-n2nc(C)cc2C)n1.CC(=O)Nc1cc(N2CCCC2=O)nc(-n2nc(C)cc2C)n1.CC1(C)c2cccc(P(c3ccccc3)c3ccccc3)c2Oc2c(P(c3ccccc3)c3ccccc3)cccc21.O=C1CCCN1. The molecule has 4 amide bonds. The van der Waals surface area contributed by atoms with E-state index < -0.39 is 15.8 Å². The van der Waals surface area contributed by atoms with Gasteiger partial charge in [-0.05, 0) is 89.7 Å². The zero-order chi connectivity index (χ0) is 62.8. The average molecular weight is 1240 g/mol. The number of carbonyl (C=O) groups is 4. The molecule has 89 heavy (non-hydrogen) atoms. The summed E-state index contributed by atoms with van der Waals surface area (Å²) in [4.78, 5) is 63.2. The lowest BCUT2D eigenvalue weighted by Crippen LogP contribution is -2.32. The summed E-state index contributed by atoms with van der Waals surface area (Å²) < 4.78 is 10.4. The summed E-state index contributed by atoms with van der Waals surface area (Å²) in [5, 5.41) is 24.6. The third-order valence-corrected chi connectivity index (χ3v) is 19.8. The van der Waals surface area contributed by atoms with Crippen molar-refractivity contribution in [2.45, 2.75) is 86.5 Å². The first-order chi connectivity index (χ1) is 42.9. The number of anilines is 3. The van der Waals surface area contributed by atoms with Crippen LogP contribution in [0.3, 0.4) is 0 Å². The Morgan fingerprint density at radius 3 is 1.35 bits per heavy atom. The maximum absolute atomic E-state index is 12.0. The van der Waals surface area contributed by atoms with Gasteiger partial charge in [-0.3, -0.25) is 24.1 Å². The first kappa shape index (κ1) is 62.8. The Kier molecular flexibility index (Phi) is 19.9. The van der Waals surface area contributed by atoms with Crippen LogP contribution in [0.25, 0.3) is 11.9 Å². The summed E-state index contributed by atoms with van der Waals surface area (Å²) >= 11 is 5.90. The maximum atomic E-state index is 12.0. The molecule has 20 heteroatoms. The number of nitrogens with zero attached hydrogens (tertiary/aromatic N) is 9. The minimum atomic E-state index is -0.824. The summed E-state index contributed by atoms with van der Waals surface area (Å²) in [5.74, 6) is 3.64. The van der Waals surface area contributed by atoms with Gasteiger partial charge in [0.15, 0.2) is 0 Å². The van der Waals surface area contributed by atoms with Crippen molar-refractivity contribution in [1.82, 2.24) is 44.8 Å². The molecule has 3 aliphatic rings. The molecular weight excluding hydrogens is 1170 g/mol. The Hall–Kier alpha value is -9.27. The molecule has 0 saturated carbocycles. The molecule has 10 aromatic rings. The highest BCUT2D eigenvalue weighted by Gasteiger charge is 2.39. The van der Waals surface area contributed by atoms with Crippen LogP contribution in [0.15, 0.2) is 182 Å². The standard InChI is InChI=1S/C39H32OP2.C15H18N6O2.C11H12ClN5O.C4H7NO/c1-39(2)33-25-15-27-35(41(29-17-7-3-8-18-29)30-19-9-4-10-20-30)37(33)40-38-34(39)26-16-28-36(38)42(31-21-11-5-12-22-31)32-23-13-6-14-24-32;1-9-7-10(2)21(19-9)15-17-12(16-11(3)22)8-13(18-15)20-6-4-5-14(20)23;1-6-4-7(2)17(16-6)11-14-9(12)5-10(15-11)13-8(3)18;6-4-2-1-3-5-4/h3-28H,1-2H3;7-8H,4-6H2,1-3H3,(H,16,17,18,22);4-5H,1-3H3,(H,13,14,15,18);1-3H2,(H,5,6). The number of hydrogen-bond acceptors (Lipinski definition) is 11. The Morgan fingerprint density at radius 1 is 0.551 bits per heavy atom. The third kappa shape index (κ3) is 15.0. The van der Waals surface area contributed by atoms with Crippen LogP contribution >= 0.6 is 27.4 Å². The van der Waals surface area contributed by atoms with Gasteiger partial charge in [-0.1, -0.05) is 183 Å². The van der Waals surface area contributed by atoms with Gasteiger partial charge in [-0.15, -0.1) is 0 Å². The smallest absolute Gasteiger partial charge is 0.254 e. The van der Waals surface area contributed by atoms with Gasteiger partial charge in [-0.25, -0.2) is 9.36 Å². The van der Waals surface area contributed by atoms with Gasteiger partial charge in [0.25, 0.3) is 11.9 Å². The Labute approximate surface area is 525 Å². The van der Waals surface area contributed by atoms with E-state index in [-0.39, 0.29) is 34.2 Å². The Bertz CT molecular complexity index is 3950. The van der Waals surface area contributed by atoms with Gasteiger partial charge in [0, 0.05) is 90.5 Å². The van der Waals surface area contributed by atoms with Crippen molar-refractivity contribution in [3.8, 4) is 23.4 Å². The van der Waals surface area contributed by atoms with Crippen molar-refractivity contribution in [1.29, 1.82) is 0 Å². The van der Waals surface area contributed by atoms with Crippen molar-refractivity contribution in [2.75, 3.05) is 28.6 Å². The minimum Gasteiger partial charge on any atom is -0.455 e. The Balaban J connectivity index is 0.000000155. The van der Waals surface area contributed by atoms with E-state index in [0.29, 0.717) is 42.3 Å². The van der Waals surface area contributed by atoms with Crippen molar-refractivity contribution in [3.63, 3.8) is 0 Å². The fourth-order valence-electron chi connectivity index (χ4n) is 10.8. The molecule has 4 aromatic heterocycles. The summed E-state index contributed by atoms with van der Waals surface area (Å²) in [6.07, 6.45) is 3.07. The molecule has 6 aromatic carbocycles. The van der Waals surface area contributed by atoms with E-state index in [4.69, 9.17) is 16.3 Å². The van der Waals surface area contributed by atoms with E-state index in [9.17, 15) is 19.2 Å². The van der Waals surface area contributed by atoms with Crippen molar-refractivity contribution >= 4 is 100 Å². The fraction of sp³-hybridized carbons (Fsp3) is 0.217. The molecule has 2 fully saturated rings. The van der Waals surface area contributed by atoms with Gasteiger partial charge in [-0.2, -0.15) is 30.1 Å². The molecular formula is C69H69ClN12O5P2. The normalized spacial score (nSPS) is 13.5. The van der Waals surface area contributed by atoms with E-state index in [2.05, 4.69) is 218 Å². The second kappa shape index (κ2) is 28.3. The van der Waals surface area contributed by atoms with Crippen LogP contribution in [0.1, 0.15) is 87.3 Å². The number of para-hydroxylation sites is 2. The minimum absolute atomic E-state index is 0.0248. The highest BCUT2D eigenvalue weighted by Crippen LogP contribution is 2.52. The molecule has 3 N–H and O–H groups in total. The zero-order valence-corrected chi connectivity index (χ0v) is 53.4. The van der Waals surface area contributed by atoms with Crippen LogP contribution in [-0.2, 0) is 24.6 Å². The lowest BCUT2D eigenvalue weighted by atomic mass is 9.76. The summed E-state index contributed by atoms with van der Waals surface area (Å²) in [7, 11) is -1.65. The van der Waals surface area contributed by atoms with Gasteiger partial charge in [0.1, 0.15) is 34.1 Å². The number of hydrogen-bond donors (Lipinski definition) is 3. The first-order valence-corrected chi connectivity index (χ1v) is 32.4. The molecule has 2 saturated heterocycles. The number of nitrogens with one attached hydrogen (secondary N) is 3. The molecule has 0 spiro atoms. The molecule has 17 nitrogen and oxygen atoms in total. The van der Waals surface area contributed by atoms with Crippen LogP contribution in [0.4, 0.5) is 17.5 Å². The van der Waals surface area contributed by atoms with Crippen molar-refractivity contribution in [3.05, 3.63) is 221 Å². The largest absolute Gasteiger partial charge is 0.455 e. The van der Waals surface area contributed by atoms with E-state index >= 15 is 0 Å². The van der Waals surface area contributed by atoms with Crippen molar-refractivity contribution < 1.29 is 23.9 Å². The van der Waals surface area contributed by atoms with Crippen LogP contribution in [0, 0.1) is 27.7 Å². The molecule has 0 unspecified atom stereocenters. The van der Waals surface area contributed by atoms with Gasteiger partial charge < -0.3 is 20.7 Å². The average Bonchev–Trinajstić information content (AvgIpc) is 1.56. The lowest BCUT2D eigenvalue weighted by molar-refractivity contribution is -0.119. The fourth-order valence-corrected chi connectivity index (χ4v) is 15.8.